The van der Waals surface area contributed by atoms with Crippen LogP contribution in [0.25, 0.3) is 0 Å². The van der Waals surface area contributed by atoms with Crippen molar-refractivity contribution >= 4 is 39.5 Å². The van der Waals surface area contributed by atoms with E-state index < -0.39 is 97.5 Å². The van der Waals surface area contributed by atoms with Gasteiger partial charge in [0.15, 0.2) is 12.2 Å². The smallest absolute Gasteiger partial charge is 0.462 e. The normalized spacial score (nSPS) is 14.3. The zero-order chi connectivity index (χ0) is 77.1. The molecule has 105 heavy (non-hydrogen) atoms. The second-order valence-electron chi connectivity index (χ2n) is 31.4. The summed E-state index contributed by atoms with van der Waals surface area (Å²) in [5, 5.41) is 10.7. The number of hydrogen-bond donors (Lipinski definition) is 3. The molecule has 0 aromatic rings. The minimum absolute atomic E-state index is 0.105. The monoisotopic (exact) mass is 1540 g/mol. The van der Waals surface area contributed by atoms with Crippen LogP contribution in [0.15, 0.2) is 0 Å². The zero-order valence-corrected chi connectivity index (χ0v) is 70.8. The van der Waals surface area contributed by atoms with E-state index in [0.29, 0.717) is 25.7 Å². The molecule has 0 bridgehead atoms. The highest BCUT2D eigenvalue weighted by Crippen LogP contribution is 2.45. The number of ether oxygens (including phenoxy) is 4. The van der Waals surface area contributed by atoms with Crippen molar-refractivity contribution in [2.75, 3.05) is 39.6 Å². The summed E-state index contributed by atoms with van der Waals surface area (Å²) in [5.41, 5.74) is 0. The van der Waals surface area contributed by atoms with Gasteiger partial charge in [-0.1, -0.05) is 408 Å². The van der Waals surface area contributed by atoms with Gasteiger partial charge in [-0.2, -0.15) is 0 Å². The second-order valence-corrected chi connectivity index (χ2v) is 34.3. The van der Waals surface area contributed by atoms with Crippen molar-refractivity contribution in [1.82, 2.24) is 0 Å². The number of aliphatic hydroxyl groups excluding tert-OH is 1. The van der Waals surface area contributed by atoms with Crippen LogP contribution in [0.2, 0.25) is 0 Å². The maximum absolute atomic E-state index is 13.1. The summed E-state index contributed by atoms with van der Waals surface area (Å²) in [5.74, 6) is -0.467. The lowest BCUT2D eigenvalue weighted by atomic mass is 9.99. The molecule has 0 aliphatic heterocycles. The zero-order valence-electron chi connectivity index (χ0n) is 69.0. The maximum Gasteiger partial charge on any atom is 0.472 e. The van der Waals surface area contributed by atoms with E-state index in [-0.39, 0.29) is 25.7 Å². The van der Waals surface area contributed by atoms with Gasteiger partial charge in [-0.3, -0.25) is 37.3 Å². The molecule has 0 heterocycles. The minimum atomic E-state index is -4.97. The lowest BCUT2D eigenvalue weighted by Gasteiger charge is -2.21. The van der Waals surface area contributed by atoms with E-state index in [4.69, 9.17) is 37.0 Å². The van der Waals surface area contributed by atoms with Crippen LogP contribution in [0, 0.1) is 11.8 Å². The van der Waals surface area contributed by atoms with E-state index in [1.807, 2.05) is 0 Å². The summed E-state index contributed by atoms with van der Waals surface area (Å²) in [6.07, 6.45) is 69.6. The van der Waals surface area contributed by atoms with Gasteiger partial charge in [-0.15, -0.1) is 0 Å². The van der Waals surface area contributed by atoms with Crippen LogP contribution in [-0.4, -0.2) is 96.7 Å². The summed E-state index contributed by atoms with van der Waals surface area (Å²) in [4.78, 5) is 73.1. The summed E-state index contributed by atoms with van der Waals surface area (Å²) >= 11 is 0. The average Bonchev–Trinajstić information content (AvgIpc) is 0.953. The Morgan fingerprint density at radius 1 is 0.267 bits per heavy atom. The van der Waals surface area contributed by atoms with Gasteiger partial charge in [0.1, 0.15) is 19.3 Å². The fourth-order valence-electron chi connectivity index (χ4n) is 13.4. The number of hydrogen-bond acceptors (Lipinski definition) is 15. The third-order valence-electron chi connectivity index (χ3n) is 20.9. The molecule has 0 aromatic carbocycles. The molecule has 0 radical (unpaired) electrons. The van der Waals surface area contributed by atoms with E-state index in [1.165, 1.54) is 276 Å². The van der Waals surface area contributed by atoms with Crippen molar-refractivity contribution in [1.29, 1.82) is 0 Å². The molecular weight excluding hydrogens is 1370 g/mol. The van der Waals surface area contributed by atoms with Gasteiger partial charge in [0, 0.05) is 25.7 Å². The van der Waals surface area contributed by atoms with Crippen LogP contribution < -0.4 is 0 Å². The van der Waals surface area contributed by atoms with Gasteiger partial charge in [-0.25, -0.2) is 9.13 Å². The molecule has 4 unspecified atom stereocenters. The lowest BCUT2D eigenvalue weighted by Crippen LogP contribution is -2.30. The van der Waals surface area contributed by atoms with Crippen LogP contribution in [0.4, 0.5) is 0 Å². The SMILES string of the molecule is CCCCCCCCCCCCCCCCCCCCCCCCC(=O)OC[C@H](COP(=O)(O)OC[C@@H](O)COP(=O)(O)OC[C@@H](COC(=O)CCCCCCCCCCC)OC(=O)CCCCCCCCCCC(C)CC)OC(=O)CCCCCCCCCCCCCCCCCCCCC(C)CC. The molecule has 0 fully saturated rings. The van der Waals surface area contributed by atoms with Crippen molar-refractivity contribution in [3.8, 4) is 0 Å². The molecule has 3 N–H and O–H groups in total. The largest absolute Gasteiger partial charge is 0.472 e. The van der Waals surface area contributed by atoms with E-state index in [1.54, 1.807) is 0 Å². The van der Waals surface area contributed by atoms with Crippen LogP contribution >= 0.6 is 15.6 Å². The molecule has 0 amide bonds. The predicted molar refractivity (Wildman–Crippen MR) is 432 cm³/mol. The summed E-state index contributed by atoms with van der Waals surface area (Å²) in [7, 11) is -9.92. The topological polar surface area (TPSA) is 237 Å². The van der Waals surface area contributed by atoms with Gasteiger partial charge in [0.25, 0.3) is 0 Å². The van der Waals surface area contributed by atoms with Crippen LogP contribution in [0.1, 0.15) is 459 Å². The Labute approximate surface area is 645 Å². The predicted octanol–water partition coefficient (Wildman–Crippen LogP) is 26.2. The van der Waals surface area contributed by atoms with Crippen LogP contribution in [0.3, 0.4) is 0 Å². The lowest BCUT2D eigenvalue weighted by molar-refractivity contribution is -0.161. The highest BCUT2D eigenvalue weighted by Gasteiger charge is 2.30. The molecule has 19 heteroatoms. The number of unbranched alkanes of at least 4 members (excludes halogenated alkanes) is 53. The fourth-order valence-corrected chi connectivity index (χ4v) is 14.9. The summed E-state index contributed by atoms with van der Waals surface area (Å²) in [6, 6.07) is 0. The van der Waals surface area contributed by atoms with Gasteiger partial charge in [0.2, 0.25) is 0 Å². The Hall–Kier alpha value is -1.94. The molecule has 0 spiro atoms. The highest BCUT2D eigenvalue weighted by atomic mass is 31.2. The quantitative estimate of drug-likeness (QED) is 0.0222. The number of aliphatic hydroxyl groups is 1. The Morgan fingerprint density at radius 3 is 0.676 bits per heavy atom. The second kappa shape index (κ2) is 77.4. The van der Waals surface area contributed by atoms with Crippen LogP contribution in [0.5, 0.6) is 0 Å². The van der Waals surface area contributed by atoms with E-state index in [9.17, 15) is 43.2 Å². The van der Waals surface area contributed by atoms with E-state index in [0.717, 1.165) is 102 Å². The molecule has 17 nitrogen and oxygen atoms in total. The molecule has 624 valence electrons. The number of phosphoric ester groups is 2. The summed E-state index contributed by atoms with van der Waals surface area (Å²) < 4.78 is 68.8. The summed E-state index contributed by atoms with van der Waals surface area (Å²) in [6.45, 7) is 9.70. The van der Waals surface area contributed by atoms with Crippen LogP contribution in [-0.2, 0) is 65.4 Å². The standard InChI is InChI=1S/C86H168O17P2/c1-7-11-13-15-17-19-20-21-22-23-24-25-26-27-31-34-37-40-44-51-57-63-69-84(89)97-75-81(102-85(90)70-64-58-52-45-41-38-35-32-29-28-30-33-36-39-43-48-54-60-66-78(5)9-3)76-100-104(92,93)98-72-80(87)73-99-105(94,95)101-77-82(74-96-83(88)68-62-56-50-42-18-16-14-12-8-2)103-86(91)71-65-59-53-47-46-49-55-61-67-79(6)10-4/h78-82,87H,7-77H2,1-6H3,(H,92,93)(H,94,95)/t78?,79?,80-,81-,82-/m1/s1. The molecule has 0 aliphatic rings. The number of phosphoric acid groups is 2. The molecule has 0 saturated heterocycles. The average molecular weight is 1540 g/mol. The molecule has 7 atom stereocenters. The van der Waals surface area contributed by atoms with Gasteiger partial charge in [0.05, 0.1) is 26.4 Å². The van der Waals surface area contributed by atoms with Gasteiger partial charge < -0.3 is 33.8 Å². The van der Waals surface area contributed by atoms with Crippen molar-refractivity contribution in [2.24, 2.45) is 11.8 Å². The van der Waals surface area contributed by atoms with Crippen molar-refractivity contribution < 1.29 is 80.2 Å². The third kappa shape index (κ3) is 77.2. The molecular formula is C86H168O17P2. The first-order chi connectivity index (χ1) is 50.9. The Balaban J connectivity index is 5.17. The molecule has 0 rings (SSSR count). The number of carbonyl (C=O) groups excluding carboxylic acids is 4. The first kappa shape index (κ1) is 103. The van der Waals surface area contributed by atoms with E-state index in [2.05, 4.69) is 41.5 Å². The maximum atomic E-state index is 13.1. The number of esters is 4. The third-order valence-corrected chi connectivity index (χ3v) is 22.8. The van der Waals surface area contributed by atoms with Gasteiger partial charge >= 0.3 is 39.5 Å². The first-order valence-corrected chi connectivity index (χ1v) is 47.6. The highest BCUT2D eigenvalue weighted by molar-refractivity contribution is 7.47. The van der Waals surface area contributed by atoms with E-state index >= 15 is 0 Å². The number of carbonyl (C=O) groups is 4. The Morgan fingerprint density at radius 2 is 0.457 bits per heavy atom. The van der Waals surface area contributed by atoms with Crippen molar-refractivity contribution in [3.05, 3.63) is 0 Å². The van der Waals surface area contributed by atoms with Crippen molar-refractivity contribution in [2.45, 2.75) is 477 Å². The Bertz CT molecular complexity index is 2010. The molecule has 0 saturated carbocycles. The molecule has 0 aliphatic carbocycles. The Kier molecular flexibility index (Phi) is 76.0. The number of rotatable bonds is 85. The van der Waals surface area contributed by atoms with Gasteiger partial charge in [-0.05, 0) is 37.5 Å². The fraction of sp³-hybridized carbons (Fsp3) is 0.953. The minimum Gasteiger partial charge on any atom is -0.462 e. The van der Waals surface area contributed by atoms with Crippen molar-refractivity contribution in [3.63, 3.8) is 0 Å². The molecule has 0 aromatic heterocycles. The first-order valence-electron chi connectivity index (χ1n) is 44.6.